The van der Waals surface area contributed by atoms with Crippen molar-refractivity contribution in [2.45, 2.75) is 72.4 Å². The van der Waals surface area contributed by atoms with Crippen LogP contribution in [0.1, 0.15) is 60.8 Å². The standard InChI is InChI=1S/C18H31N/c1-7-14-10-9-11-15(8-2)16(14)19-13-17(3,4)12-18(19,5)6/h9-11,14,16H,7-8,12-13H2,1-6H3/t14?,16-/m0/s1. The summed E-state index contributed by atoms with van der Waals surface area (Å²) in [5.41, 5.74) is 2.39. The Morgan fingerprint density at radius 2 is 1.89 bits per heavy atom. The van der Waals surface area contributed by atoms with Crippen molar-refractivity contribution in [3.05, 3.63) is 23.8 Å². The lowest BCUT2D eigenvalue weighted by Gasteiger charge is -2.43. The van der Waals surface area contributed by atoms with Gasteiger partial charge in [0.2, 0.25) is 0 Å². The Bertz CT molecular complexity index is 386. The SMILES string of the molecule is CCC1=CC=CC(CC)[C@@H]1N1CC(C)(C)CC1(C)C. The third kappa shape index (κ3) is 2.81. The molecule has 1 heterocycles. The van der Waals surface area contributed by atoms with Gasteiger partial charge in [-0.1, -0.05) is 51.5 Å². The zero-order valence-corrected chi connectivity index (χ0v) is 13.7. The van der Waals surface area contributed by atoms with Gasteiger partial charge in [0.1, 0.15) is 0 Å². The molecule has 1 saturated heterocycles. The van der Waals surface area contributed by atoms with Crippen LogP contribution >= 0.6 is 0 Å². The van der Waals surface area contributed by atoms with Gasteiger partial charge in [-0.05, 0) is 44.4 Å². The minimum absolute atomic E-state index is 0.320. The predicted octanol–water partition coefficient (Wildman–Crippen LogP) is 4.80. The summed E-state index contributed by atoms with van der Waals surface area (Å²) in [6.07, 6.45) is 10.8. The number of hydrogen-bond donors (Lipinski definition) is 0. The normalized spacial score (nSPS) is 33.5. The minimum atomic E-state index is 0.320. The van der Waals surface area contributed by atoms with E-state index in [0.717, 1.165) is 0 Å². The van der Waals surface area contributed by atoms with Crippen molar-refractivity contribution < 1.29 is 0 Å². The Hall–Kier alpha value is -0.560. The summed E-state index contributed by atoms with van der Waals surface area (Å²) in [4.78, 5) is 2.79. The number of allylic oxidation sites excluding steroid dienone is 2. The maximum atomic E-state index is 2.79. The molecule has 0 aromatic carbocycles. The Labute approximate surface area is 119 Å². The summed E-state index contributed by atoms with van der Waals surface area (Å²) in [5.74, 6) is 0.688. The van der Waals surface area contributed by atoms with Gasteiger partial charge in [0.05, 0.1) is 0 Å². The molecule has 2 atom stereocenters. The van der Waals surface area contributed by atoms with Crippen molar-refractivity contribution in [1.29, 1.82) is 0 Å². The molecule has 1 unspecified atom stereocenters. The Balaban J connectivity index is 2.32. The van der Waals surface area contributed by atoms with Crippen molar-refractivity contribution in [3.63, 3.8) is 0 Å². The number of likely N-dealkylation sites (tertiary alicyclic amines) is 1. The van der Waals surface area contributed by atoms with Crippen molar-refractivity contribution in [2.75, 3.05) is 6.54 Å². The van der Waals surface area contributed by atoms with Crippen molar-refractivity contribution in [2.24, 2.45) is 11.3 Å². The third-order valence-corrected chi connectivity index (χ3v) is 4.96. The first-order valence-electron chi connectivity index (χ1n) is 7.95. The van der Waals surface area contributed by atoms with Crippen molar-refractivity contribution in [1.82, 2.24) is 4.90 Å². The van der Waals surface area contributed by atoms with Gasteiger partial charge >= 0.3 is 0 Å². The molecule has 0 saturated carbocycles. The molecule has 19 heavy (non-hydrogen) atoms. The Kier molecular flexibility index (Phi) is 3.97. The molecule has 1 heteroatoms. The highest BCUT2D eigenvalue weighted by molar-refractivity contribution is 5.28. The highest BCUT2D eigenvalue weighted by Gasteiger charge is 2.47. The molecule has 0 amide bonds. The van der Waals surface area contributed by atoms with Gasteiger partial charge in [0, 0.05) is 18.1 Å². The van der Waals surface area contributed by atoms with Gasteiger partial charge in [0.15, 0.2) is 0 Å². The van der Waals surface area contributed by atoms with Crippen LogP contribution in [0.3, 0.4) is 0 Å². The van der Waals surface area contributed by atoms with E-state index in [2.05, 4.69) is 64.7 Å². The van der Waals surface area contributed by atoms with Gasteiger partial charge in [-0.15, -0.1) is 0 Å². The minimum Gasteiger partial charge on any atom is -0.290 e. The van der Waals surface area contributed by atoms with Gasteiger partial charge in [0.25, 0.3) is 0 Å². The van der Waals surface area contributed by atoms with E-state index in [0.29, 0.717) is 22.9 Å². The summed E-state index contributed by atoms with van der Waals surface area (Å²) in [6.45, 7) is 15.6. The van der Waals surface area contributed by atoms with E-state index in [1.54, 1.807) is 5.57 Å². The van der Waals surface area contributed by atoms with Gasteiger partial charge in [-0.3, -0.25) is 4.90 Å². The zero-order chi connectivity index (χ0) is 14.3. The van der Waals surface area contributed by atoms with E-state index >= 15 is 0 Å². The third-order valence-electron chi connectivity index (χ3n) is 4.96. The molecule has 108 valence electrons. The number of nitrogens with zero attached hydrogens (tertiary/aromatic N) is 1. The second-order valence-electron chi connectivity index (χ2n) is 7.78. The lowest BCUT2D eigenvalue weighted by Crippen LogP contribution is -2.50. The second kappa shape index (κ2) is 5.09. The van der Waals surface area contributed by atoms with Crippen LogP contribution in [0.25, 0.3) is 0 Å². The smallest absolute Gasteiger partial charge is 0.0378 e. The average molecular weight is 261 g/mol. The van der Waals surface area contributed by atoms with Crippen LogP contribution in [0, 0.1) is 11.3 Å². The molecule has 1 fully saturated rings. The van der Waals surface area contributed by atoms with Gasteiger partial charge in [-0.2, -0.15) is 0 Å². The molecule has 0 bridgehead atoms. The molecule has 0 aromatic heterocycles. The fraction of sp³-hybridized carbons (Fsp3) is 0.778. The fourth-order valence-corrected chi connectivity index (χ4v) is 4.40. The topological polar surface area (TPSA) is 3.24 Å². The van der Waals surface area contributed by atoms with Crippen LogP contribution in [0.2, 0.25) is 0 Å². The molecule has 0 spiro atoms. The van der Waals surface area contributed by atoms with Crippen LogP contribution in [0.4, 0.5) is 0 Å². The maximum absolute atomic E-state index is 2.79. The fourth-order valence-electron chi connectivity index (χ4n) is 4.40. The molecule has 0 N–H and O–H groups in total. The molecule has 1 nitrogen and oxygen atoms in total. The first kappa shape index (κ1) is 14.8. The Morgan fingerprint density at radius 1 is 1.21 bits per heavy atom. The molecular weight excluding hydrogens is 230 g/mol. The van der Waals surface area contributed by atoms with Crippen LogP contribution in [-0.2, 0) is 0 Å². The largest absolute Gasteiger partial charge is 0.290 e. The van der Waals surface area contributed by atoms with Crippen LogP contribution in [0.15, 0.2) is 23.8 Å². The quantitative estimate of drug-likeness (QED) is 0.705. The number of rotatable bonds is 3. The maximum Gasteiger partial charge on any atom is 0.0378 e. The summed E-state index contributed by atoms with van der Waals surface area (Å²) < 4.78 is 0. The first-order valence-corrected chi connectivity index (χ1v) is 7.95. The predicted molar refractivity (Wildman–Crippen MR) is 84.3 cm³/mol. The lowest BCUT2D eigenvalue weighted by molar-refractivity contribution is 0.103. The van der Waals surface area contributed by atoms with Crippen LogP contribution < -0.4 is 0 Å². The van der Waals surface area contributed by atoms with E-state index in [-0.39, 0.29) is 0 Å². The van der Waals surface area contributed by atoms with Crippen molar-refractivity contribution in [3.8, 4) is 0 Å². The first-order chi connectivity index (χ1) is 8.80. The van der Waals surface area contributed by atoms with E-state index in [1.807, 2.05) is 0 Å². The van der Waals surface area contributed by atoms with Crippen molar-refractivity contribution >= 4 is 0 Å². The van der Waals surface area contributed by atoms with Crippen LogP contribution in [-0.4, -0.2) is 23.0 Å². The molecular formula is C18H31N. The Morgan fingerprint density at radius 3 is 2.37 bits per heavy atom. The summed E-state index contributed by atoms with van der Waals surface area (Å²) >= 11 is 0. The zero-order valence-electron chi connectivity index (χ0n) is 13.7. The monoisotopic (exact) mass is 261 g/mol. The molecule has 1 aliphatic carbocycles. The highest BCUT2D eigenvalue weighted by Crippen LogP contribution is 2.45. The highest BCUT2D eigenvalue weighted by atomic mass is 15.3. The second-order valence-corrected chi connectivity index (χ2v) is 7.78. The summed E-state index contributed by atoms with van der Waals surface area (Å²) in [5, 5.41) is 0. The van der Waals surface area contributed by atoms with E-state index < -0.39 is 0 Å². The van der Waals surface area contributed by atoms with E-state index in [9.17, 15) is 0 Å². The molecule has 0 radical (unpaired) electrons. The van der Waals surface area contributed by atoms with Crippen LogP contribution in [0.5, 0.6) is 0 Å². The van der Waals surface area contributed by atoms with E-state index in [1.165, 1.54) is 25.8 Å². The lowest BCUT2D eigenvalue weighted by atomic mass is 9.82. The van der Waals surface area contributed by atoms with Gasteiger partial charge < -0.3 is 0 Å². The van der Waals surface area contributed by atoms with Gasteiger partial charge in [-0.25, -0.2) is 0 Å². The average Bonchev–Trinajstić information content (AvgIpc) is 2.55. The molecule has 1 aliphatic heterocycles. The molecule has 0 aromatic rings. The molecule has 2 rings (SSSR count). The summed E-state index contributed by atoms with van der Waals surface area (Å²) in [6, 6.07) is 0.622. The molecule has 2 aliphatic rings. The van der Waals surface area contributed by atoms with E-state index in [4.69, 9.17) is 0 Å². The number of hydrogen-bond acceptors (Lipinski definition) is 1. The summed E-state index contributed by atoms with van der Waals surface area (Å²) in [7, 11) is 0.